The molecule has 2 heterocycles. The molecule has 3 unspecified atom stereocenters. The Labute approximate surface area is 175 Å². The maximum absolute atomic E-state index is 13.5. The van der Waals surface area contributed by atoms with Crippen LogP contribution in [-0.4, -0.2) is 36.2 Å². The van der Waals surface area contributed by atoms with Gasteiger partial charge in [0.2, 0.25) is 5.91 Å². The number of carbonyl (C=O) groups is 2. The monoisotopic (exact) mass is 418 g/mol. The summed E-state index contributed by atoms with van der Waals surface area (Å²) in [6.07, 6.45) is 6.42. The fourth-order valence-corrected chi connectivity index (χ4v) is 7.58. The fraction of sp³-hybridized carbons (Fsp3) is 0.727. The molecule has 7 heteroatoms. The van der Waals surface area contributed by atoms with E-state index < -0.39 is 6.10 Å². The molecule has 5 aliphatic rings. The zero-order valence-electron chi connectivity index (χ0n) is 17.0. The van der Waals surface area contributed by atoms with Crippen molar-refractivity contribution in [2.75, 3.05) is 18.5 Å². The first-order chi connectivity index (χ1) is 14.0. The van der Waals surface area contributed by atoms with Crippen molar-refractivity contribution in [1.29, 1.82) is 0 Å². The average molecular weight is 419 g/mol. The van der Waals surface area contributed by atoms with E-state index in [4.69, 9.17) is 4.74 Å². The van der Waals surface area contributed by atoms with E-state index in [9.17, 15) is 14.7 Å². The summed E-state index contributed by atoms with van der Waals surface area (Å²) in [4.78, 5) is 27.5. The van der Waals surface area contributed by atoms with Crippen molar-refractivity contribution in [3.8, 4) is 0 Å². The smallest absolute Gasteiger partial charge is 0.254 e. The zero-order chi connectivity index (χ0) is 20.2. The number of ether oxygens (including phenoxy) is 1. The lowest BCUT2D eigenvalue weighted by molar-refractivity contribution is -0.127. The number of hydrogen-bond donors (Lipinski definition) is 3. The molecule has 4 saturated carbocycles. The van der Waals surface area contributed by atoms with Crippen molar-refractivity contribution < 1.29 is 19.4 Å². The van der Waals surface area contributed by atoms with Crippen molar-refractivity contribution in [3.05, 3.63) is 16.0 Å². The number of amides is 2. The molecule has 1 aliphatic heterocycles. The minimum Gasteiger partial charge on any atom is -0.391 e. The van der Waals surface area contributed by atoms with Gasteiger partial charge in [-0.05, 0) is 68.3 Å². The van der Waals surface area contributed by atoms with E-state index in [0.29, 0.717) is 54.4 Å². The van der Waals surface area contributed by atoms with Crippen LogP contribution in [0.5, 0.6) is 0 Å². The summed E-state index contributed by atoms with van der Waals surface area (Å²) in [7, 11) is 0. The summed E-state index contributed by atoms with van der Waals surface area (Å²) in [5, 5.41) is 16.5. The van der Waals surface area contributed by atoms with Crippen LogP contribution in [-0.2, 0) is 22.6 Å². The molecule has 4 fully saturated rings. The molecule has 0 radical (unpaired) electrons. The normalized spacial score (nSPS) is 32.8. The SMILES string of the molecule is CCC(O)CNC(=O)c1c(NC(=O)C23CC4CC(CC2C4)C3)sc2c1CCOC2. The highest BCUT2D eigenvalue weighted by molar-refractivity contribution is 7.17. The van der Waals surface area contributed by atoms with Crippen LogP contribution in [0.25, 0.3) is 0 Å². The van der Waals surface area contributed by atoms with Crippen LogP contribution in [0.3, 0.4) is 0 Å². The van der Waals surface area contributed by atoms with E-state index in [1.807, 2.05) is 6.92 Å². The van der Waals surface area contributed by atoms with Crippen LogP contribution in [0.15, 0.2) is 0 Å². The Morgan fingerprint density at radius 1 is 1.28 bits per heavy atom. The Bertz CT molecular complexity index is 821. The van der Waals surface area contributed by atoms with Crippen LogP contribution in [0, 0.1) is 23.2 Å². The third-order valence-electron chi connectivity index (χ3n) is 7.69. The Morgan fingerprint density at radius 3 is 2.76 bits per heavy atom. The summed E-state index contributed by atoms with van der Waals surface area (Å²) < 4.78 is 5.58. The number of aliphatic hydroxyl groups is 1. The second-order valence-electron chi connectivity index (χ2n) is 9.44. The van der Waals surface area contributed by atoms with Crippen LogP contribution in [0.1, 0.15) is 66.2 Å². The van der Waals surface area contributed by atoms with Gasteiger partial charge < -0.3 is 20.5 Å². The van der Waals surface area contributed by atoms with Gasteiger partial charge in [-0.15, -0.1) is 11.3 Å². The fourth-order valence-electron chi connectivity index (χ4n) is 6.40. The molecule has 0 aromatic carbocycles. The number of rotatable bonds is 6. The number of hydrogen-bond acceptors (Lipinski definition) is 5. The van der Waals surface area contributed by atoms with E-state index in [-0.39, 0.29) is 23.8 Å². The number of thiophene rings is 1. The van der Waals surface area contributed by atoms with Crippen molar-refractivity contribution >= 4 is 28.2 Å². The van der Waals surface area contributed by atoms with Gasteiger partial charge in [0, 0.05) is 11.4 Å². The number of fused-ring (bicyclic) bond motifs is 1. The molecule has 1 aromatic heterocycles. The van der Waals surface area contributed by atoms with Gasteiger partial charge in [0.15, 0.2) is 0 Å². The number of anilines is 1. The third kappa shape index (κ3) is 3.22. The van der Waals surface area contributed by atoms with Gasteiger partial charge in [-0.1, -0.05) is 6.92 Å². The summed E-state index contributed by atoms with van der Waals surface area (Å²) in [6, 6.07) is 0. The first-order valence-corrected chi connectivity index (χ1v) is 11.8. The summed E-state index contributed by atoms with van der Waals surface area (Å²) in [5.74, 6) is 1.85. The van der Waals surface area contributed by atoms with Gasteiger partial charge >= 0.3 is 0 Å². The standard InChI is InChI=1S/C22H30N2O4S/c1-2-15(25)10-23-19(26)18-16-3-4-28-11-17(16)29-20(18)24-21(27)22-8-12-5-13(9-22)7-14(22)6-12/h12-15,25H,2-11H2,1H3,(H,23,26)(H,24,27). The lowest BCUT2D eigenvalue weighted by Crippen LogP contribution is -2.38. The Balaban J connectivity index is 1.40. The maximum Gasteiger partial charge on any atom is 0.254 e. The Kier molecular flexibility index (Phi) is 4.95. The minimum atomic E-state index is -0.557. The van der Waals surface area contributed by atoms with E-state index >= 15 is 0 Å². The molecule has 0 spiro atoms. The molecule has 158 valence electrons. The number of nitrogens with one attached hydrogen (secondary N) is 2. The summed E-state index contributed by atoms with van der Waals surface area (Å²) in [6.45, 7) is 3.19. The first kappa shape index (κ1) is 19.5. The summed E-state index contributed by atoms with van der Waals surface area (Å²) >= 11 is 1.48. The van der Waals surface area contributed by atoms with Crippen molar-refractivity contribution in [2.24, 2.45) is 23.2 Å². The van der Waals surface area contributed by atoms with E-state index in [1.165, 1.54) is 30.6 Å². The molecule has 6 rings (SSSR count). The van der Waals surface area contributed by atoms with Crippen LogP contribution >= 0.6 is 11.3 Å². The van der Waals surface area contributed by atoms with Gasteiger partial charge in [-0.2, -0.15) is 0 Å². The van der Waals surface area contributed by atoms with Gasteiger partial charge in [0.1, 0.15) is 5.00 Å². The Hall–Kier alpha value is -1.44. The van der Waals surface area contributed by atoms with E-state index in [2.05, 4.69) is 10.6 Å². The largest absolute Gasteiger partial charge is 0.391 e. The van der Waals surface area contributed by atoms with Gasteiger partial charge in [-0.25, -0.2) is 0 Å². The van der Waals surface area contributed by atoms with Gasteiger partial charge in [0.05, 0.1) is 30.3 Å². The molecule has 3 N–H and O–H groups in total. The van der Waals surface area contributed by atoms with Crippen molar-refractivity contribution in [3.63, 3.8) is 0 Å². The predicted molar refractivity (Wildman–Crippen MR) is 111 cm³/mol. The molecular formula is C22H30N2O4S. The van der Waals surface area contributed by atoms with Crippen molar-refractivity contribution in [1.82, 2.24) is 5.32 Å². The molecule has 3 atom stereocenters. The second kappa shape index (κ2) is 7.36. The molecule has 1 aromatic rings. The average Bonchev–Trinajstić information content (AvgIpc) is 3.29. The van der Waals surface area contributed by atoms with E-state index in [0.717, 1.165) is 23.3 Å². The van der Waals surface area contributed by atoms with Crippen LogP contribution in [0.4, 0.5) is 5.00 Å². The highest BCUT2D eigenvalue weighted by Crippen LogP contribution is 2.65. The molecule has 29 heavy (non-hydrogen) atoms. The van der Waals surface area contributed by atoms with Crippen LogP contribution in [0.2, 0.25) is 0 Å². The second-order valence-corrected chi connectivity index (χ2v) is 10.5. The molecule has 4 aliphatic carbocycles. The molecular weight excluding hydrogens is 388 g/mol. The predicted octanol–water partition coefficient (Wildman–Crippen LogP) is 3.09. The zero-order valence-corrected chi connectivity index (χ0v) is 17.8. The topological polar surface area (TPSA) is 87.7 Å². The number of carbonyl (C=O) groups excluding carboxylic acids is 2. The van der Waals surface area contributed by atoms with Crippen molar-refractivity contribution in [2.45, 2.75) is 64.6 Å². The lowest BCUT2D eigenvalue weighted by atomic mass is 9.75. The maximum atomic E-state index is 13.5. The highest BCUT2D eigenvalue weighted by Gasteiger charge is 2.61. The molecule has 2 amide bonds. The quantitative estimate of drug-likeness (QED) is 0.663. The molecule has 6 nitrogen and oxygen atoms in total. The number of aliphatic hydroxyl groups excluding tert-OH is 1. The minimum absolute atomic E-state index is 0.120. The highest BCUT2D eigenvalue weighted by atomic mass is 32.1. The summed E-state index contributed by atoms with van der Waals surface area (Å²) in [5.41, 5.74) is 1.36. The van der Waals surface area contributed by atoms with Gasteiger partial charge in [-0.3, -0.25) is 9.59 Å². The van der Waals surface area contributed by atoms with Gasteiger partial charge in [0.25, 0.3) is 5.91 Å². The lowest BCUT2D eigenvalue weighted by Gasteiger charge is -2.31. The van der Waals surface area contributed by atoms with Crippen LogP contribution < -0.4 is 10.6 Å². The molecule has 4 bridgehead atoms. The van der Waals surface area contributed by atoms with E-state index in [1.54, 1.807) is 0 Å². The Morgan fingerprint density at radius 2 is 2.03 bits per heavy atom. The first-order valence-electron chi connectivity index (χ1n) is 11.0. The molecule has 0 saturated heterocycles. The third-order valence-corrected chi connectivity index (χ3v) is 8.81.